The largest absolute Gasteiger partial charge is 0.350 e. The van der Waals surface area contributed by atoms with Gasteiger partial charge < -0.3 is 10.6 Å². The lowest BCUT2D eigenvalue weighted by molar-refractivity contribution is -0.124. The van der Waals surface area contributed by atoms with Gasteiger partial charge in [-0.3, -0.25) is 4.79 Å². The number of rotatable bonds is 4. The predicted molar refractivity (Wildman–Crippen MR) is 80.1 cm³/mol. The molecule has 0 saturated heterocycles. The molecule has 0 aliphatic rings. The lowest BCUT2D eigenvalue weighted by atomic mass is 10.1. The van der Waals surface area contributed by atoms with Crippen molar-refractivity contribution in [3.63, 3.8) is 0 Å². The molecule has 0 aliphatic heterocycles. The molecule has 1 atom stereocenters. The standard InChI is InChI=1S/C16H26N2O/c1-11-7-8-12(2)14(9-11)10-17-13(3)15(19)18-16(4,5)6/h7-9,13,17H,10H2,1-6H3,(H,18,19). The minimum absolute atomic E-state index is 0.0396. The number of aryl methyl sites for hydroxylation is 2. The van der Waals surface area contributed by atoms with E-state index in [9.17, 15) is 4.79 Å². The molecule has 1 unspecified atom stereocenters. The molecule has 0 bridgehead atoms. The summed E-state index contributed by atoms with van der Waals surface area (Å²) >= 11 is 0. The Labute approximate surface area is 116 Å². The van der Waals surface area contributed by atoms with E-state index in [0.29, 0.717) is 6.54 Å². The third-order valence-electron chi connectivity index (χ3n) is 2.99. The van der Waals surface area contributed by atoms with E-state index in [2.05, 4.69) is 42.7 Å². The highest BCUT2D eigenvalue weighted by Gasteiger charge is 2.18. The number of carbonyl (C=O) groups is 1. The smallest absolute Gasteiger partial charge is 0.237 e. The van der Waals surface area contributed by atoms with Gasteiger partial charge in [0.25, 0.3) is 0 Å². The third kappa shape index (κ3) is 5.43. The minimum Gasteiger partial charge on any atom is -0.350 e. The number of nitrogens with one attached hydrogen (secondary N) is 2. The molecule has 0 heterocycles. The predicted octanol–water partition coefficient (Wildman–Crippen LogP) is 2.70. The van der Waals surface area contributed by atoms with Crippen molar-refractivity contribution in [1.29, 1.82) is 0 Å². The van der Waals surface area contributed by atoms with E-state index >= 15 is 0 Å². The highest BCUT2D eigenvalue weighted by molar-refractivity contribution is 5.81. The fourth-order valence-corrected chi connectivity index (χ4v) is 1.82. The number of carbonyl (C=O) groups excluding carboxylic acids is 1. The Kier molecular flexibility index (Phi) is 5.12. The van der Waals surface area contributed by atoms with E-state index in [-0.39, 0.29) is 17.5 Å². The Morgan fingerprint density at radius 2 is 1.89 bits per heavy atom. The molecule has 106 valence electrons. The first-order valence-electron chi connectivity index (χ1n) is 6.80. The summed E-state index contributed by atoms with van der Waals surface area (Å²) in [6.45, 7) is 12.8. The van der Waals surface area contributed by atoms with E-state index in [1.807, 2.05) is 27.7 Å². The molecular weight excluding hydrogens is 236 g/mol. The van der Waals surface area contributed by atoms with Crippen molar-refractivity contribution in [1.82, 2.24) is 10.6 Å². The second-order valence-electron chi connectivity index (χ2n) is 6.27. The van der Waals surface area contributed by atoms with Gasteiger partial charge >= 0.3 is 0 Å². The normalized spacial score (nSPS) is 13.2. The molecule has 0 spiro atoms. The van der Waals surface area contributed by atoms with Crippen LogP contribution in [-0.4, -0.2) is 17.5 Å². The molecular formula is C16H26N2O. The van der Waals surface area contributed by atoms with Crippen LogP contribution in [0.2, 0.25) is 0 Å². The van der Waals surface area contributed by atoms with Crippen molar-refractivity contribution >= 4 is 5.91 Å². The van der Waals surface area contributed by atoms with Crippen LogP contribution < -0.4 is 10.6 Å². The Hall–Kier alpha value is -1.35. The van der Waals surface area contributed by atoms with Gasteiger partial charge in [-0.2, -0.15) is 0 Å². The topological polar surface area (TPSA) is 41.1 Å². The SMILES string of the molecule is Cc1ccc(C)c(CNC(C)C(=O)NC(C)(C)C)c1. The van der Waals surface area contributed by atoms with Crippen LogP contribution in [0.1, 0.15) is 44.4 Å². The van der Waals surface area contributed by atoms with Crippen LogP contribution in [0.15, 0.2) is 18.2 Å². The summed E-state index contributed by atoms with van der Waals surface area (Å²) in [5.74, 6) is 0.0396. The second kappa shape index (κ2) is 6.20. The quantitative estimate of drug-likeness (QED) is 0.876. The molecule has 0 aromatic heterocycles. The molecule has 3 nitrogen and oxygen atoms in total. The van der Waals surface area contributed by atoms with Crippen LogP contribution in [0.5, 0.6) is 0 Å². The zero-order chi connectivity index (χ0) is 14.6. The summed E-state index contributed by atoms with van der Waals surface area (Å²) in [5.41, 5.74) is 3.55. The number of amides is 1. The van der Waals surface area contributed by atoms with Crippen molar-refractivity contribution in [3.05, 3.63) is 34.9 Å². The lowest BCUT2D eigenvalue weighted by Gasteiger charge is -2.24. The summed E-state index contributed by atoms with van der Waals surface area (Å²) in [4.78, 5) is 12.0. The number of hydrogen-bond donors (Lipinski definition) is 2. The van der Waals surface area contributed by atoms with Gasteiger partial charge in [0.15, 0.2) is 0 Å². The first kappa shape index (κ1) is 15.7. The molecule has 0 saturated carbocycles. The molecule has 0 radical (unpaired) electrons. The van der Waals surface area contributed by atoms with Gasteiger partial charge in [0.05, 0.1) is 6.04 Å². The zero-order valence-electron chi connectivity index (χ0n) is 12.9. The Balaban J connectivity index is 2.56. The van der Waals surface area contributed by atoms with Crippen LogP contribution in [-0.2, 0) is 11.3 Å². The van der Waals surface area contributed by atoms with Crippen LogP contribution in [0.3, 0.4) is 0 Å². The molecule has 1 aromatic rings. The van der Waals surface area contributed by atoms with E-state index in [0.717, 1.165) is 0 Å². The van der Waals surface area contributed by atoms with Gasteiger partial charge in [-0.05, 0) is 52.7 Å². The average Bonchev–Trinajstić information content (AvgIpc) is 2.27. The molecule has 3 heteroatoms. The molecule has 1 aromatic carbocycles. The van der Waals surface area contributed by atoms with Crippen molar-refractivity contribution < 1.29 is 4.79 Å². The van der Waals surface area contributed by atoms with Crippen molar-refractivity contribution in [2.45, 2.75) is 59.7 Å². The molecule has 1 rings (SSSR count). The molecule has 0 aliphatic carbocycles. The summed E-state index contributed by atoms with van der Waals surface area (Å²) in [5, 5.41) is 6.26. The fourth-order valence-electron chi connectivity index (χ4n) is 1.82. The zero-order valence-corrected chi connectivity index (χ0v) is 12.9. The first-order chi connectivity index (χ1) is 8.69. The Morgan fingerprint density at radius 3 is 2.47 bits per heavy atom. The Morgan fingerprint density at radius 1 is 1.26 bits per heavy atom. The van der Waals surface area contributed by atoms with E-state index in [1.165, 1.54) is 16.7 Å². The van der Waals surface area contributed by atoms with E-state index in [1.54, 1.807) is 0 Å². The molecule has 2 N–H and O–H groups in total. The van der Waals surface area contributed by atoms with Gasteiger partial charge in [-0.15, -0.1) is 0 Å². The fraction of sp³-hybridized carbons (Fsp3) is 0.562. The minimum atomic E-state index is -0.195. The number of hydrogen-bond acceptors (Lipinski definition) is 2. The van der Waals surface area contributed by atoms with Crippen molar-refractivity contribution in [2.75, 3.05) is 0 Å². The Bertz CT molecular complexity index is 447. The van der Waals surface area contributed by atoms with Crippen molar-refractivity contribution in [3.8, 4) is 0 Å². The van der Waals surface area contributed by atoms with Gasteiger partial charge in [0, 0.05) is 12.1 Å². The van der Waals surface area contributed by atoms with Crippen LogP contribution in [0.25, 0.3) is 0 Å². The summed E-state index contributed by atoms with van der Waals surface area (Å²) in [7, 11) is 0. The molecule has 1 amide bonds. The monoisotopic (exact) mass is 262 g/mol. The maximum atomic E-state index is 12.0. The first-order valence-corrected chi connectivity index (χ1v) is 6.80. The van der Waals surface area contributed by atoms with Gasteiger partial charge in [0.1, 0.15) is 0 Å². The summed E-state index contributed by atoms with van der Waals surface area (Å²) in [6.07, 6.45) is 0. The van der Waals surface area contributed by atoms with Crippen molar-refractivity contribution in [2.24, 2.45) is 0 Å². The van der Waals surface area contributed by atoms with E-state index < -0.39 is 0 Å². The number of benzene rings is 1. The summed E-state index contributed by atoms with van der Waals surface area (Å²) in [6, 6.07) is 6.19. The highest BCUT2D eigenvalue weighted by Crippen LogP contribution is 2.10. The van der Waals surface area contributed by atoms with Crippen LogP contribution in [0, 0.1) is 13.8 Å². The van der Waals surface area contributed by atoms with E-state index in [4.69, 9.17) is 0 Å². The maximum absolute atomic E-state index is 12.0. The second-order valence-corrected chi connectivity index (χ2v) is 6.27. The van der Waals surface area contributed by atoms with Gasteiger partial charge in [0.2, 0.25) is 5.91 Å². The maximum Gasteiger partial charge on any atom is 0.237 e. The third-order valence-corrected chi connectivity index (χ3v) is 2.99. The van der Waals surface area contributed by atoms with Crippen LogP contribution in [0.4, 0.5) is 0 Å². The summed E-state index contributed by atoms with van der Waals surface area (Å²) < 4.78 is 0. The molecule has 0 fully saturated rings. The van der Waals surface area contributed by atoms with Crippen LogP contribution >= 0.6 is 0 Å². The van der Waals surface area contributed by atoms with Gasteiger partial charge in [-0.1, -0.05) is 23.8 Å². The van der Waals surface area contributed by atoms with Gasteiger partial charge in [-0.25, -0.2) is 0 Å². The average molecular weight is 262 g/mol. The molecule has 19 heavy (non-hydrogen) atoms. The lowest BCUT2D eigenvalue weighted by Crippen LogP contribution is -2.49. The highest BCUT2D eigenvalue weighted by atomic mass is 16.2.